The van der Waals surface area contributed by atoms with Crippen molar-refractivity contribution in [2.24, 2.45) is 11.8 Å². The Labute approximate surface area is 216 Å². The van der Waals surface area contributed by atoms with Crippen LogP contribution in [0.2, 0.25) is 5.02 Å². The molecule has 0 aromatic heterocycles. The third kappa shape index (κ3) is 4.46. The number of likely N-dealkylation sites (tertiary alicyclic amines) is 1. The van der Waals surface area contributed by atoms with Crippen molar-refractivity contribution in [2.45, 2.75) is 49.9 Å². The van der Waals surface area contributed by atoms with Crippen LogP contribution >= 0.6 is 11.6 Å². The average Bonchev–Trinajstić information content (AvgIpc) is 3.51. The fourth-order valence-corrected chi connectivity index (χ4v) is 6.17. The zero-order valence-electron chi connectivity index (χ0n) is 20.3. The standard InChI is InChI=1S/C27H33ClN2O6/c1-3-5-8-17-35-26(34)21-20-12-13-27(36-20)22(21)24(32)30(15-9-16-31)23(27)25(33)29(14-4-2)19-11-7-6-10-18(19)28/h3-4,6-7,10-11,20-23,31H,1-2,5,8-9,12-17H2/t20-,21+,22-,23?,27?/m0/s1. The lowest BCUT2D eigenvalue weighted by molar-refractivity contribution is -0.155. The Bertz CT molecular complexity index is 1030. The minimum atomic E-state index is -1.14. The van der Waals surface area contributed by atoms with Crippen molar-refractivity contribution >= 4 is 35.1 Å². The molecule has 1 spiro atoms. The number of aliphatic hydroxyl groups excluding tert-OH is 1. The van der Waals surface area contributed by atoms with E-state index in [0.29, 0.717) is 36.4 Å². The molecule has 194 valence electrons. The number of hydrogen-bond donors (Lipinski definition) is 1. The van der Waals surface area contributed by atoms with Crippen molar-refractivity contribution in [2.75, 3.05) is 31.2 Å². The zero-order valence-corrected chi connectivity index (χ0v) is 21.1. The maximum absolute atomic E-state index is 14.2. The Morgan fingerprint density at radius 2 is 2.06 bits per heavy atom. The summed E-state index contributed by atoms with van der Waals surface area (Å²) in [6.45, 7) is 7.91. The van der Waals surface area contributed by atoms with Gasteiger partial charge in [-0.2, -0.15) is 0 Å². The average molecular weight is 517 g/mol. The highest BCUT2D eigenvalue weighted by molar-refractivity contribution is 6.34. The van der Waals surface area contributed by atoms with Crippen LogP contribution in [-0.4, -0.2) is 71.8 Å². The summed E-state index contributed by atoms with van der Waals surface area (Å²) in [7, 11) is 0. The molecule has 0 radical (unpaired) electrons. The van der Waals surface area contributed by atoms with Gasteiger partial charge in [-0.3, -0.25) is 14.4 Å². The highest BCUT2D eigenvalue weighted by Crippen LogP contribution is 2.59. The van der Waals surface area contributed by atoms with Gasteiger partial charge in [-0.05, 0) is 44.2 Å². The number of unbranched alkanes of at least 4 members (excludes halogenated alkanes) is 1. The summed E-state index contributed by atoms with van der Waals surface area (Å²) in [5.41, 5.74) is -0.635. The molecule has 0 saturated carbocycles. The van der Waals surface area contributed by atoms with Crippen molar-refractivity contribution in [3.8, 4) is 0 Å². The fraction of sp³-hybridized carbons (Fsp3) is 0.519. The molecule has 3 fully saturated rings. The number of nitrogens with zero attached hydrogens (tertiary/aromatic N) is 2. The van der Waals surface area contributed by atoms with Gasteiger partial charge in [0.15, 0.2) is 0 Å². The number of rotatable bonds is 12. The Morgan fingerprint density at radius 1 is 1.28 bits per heavy atom. The minimum Gasteiger partial charge on any atom is -0.465 e. The molecule has 9 heteroatoms. The van der Waals surface area contributed by atoms with Gasteiger partial charge in [-0.1, -0.05) is 35.9 Å². The first-order chi connectivity index (χ1) is 17.4. The smallest absolute Gasteiger partial charge is 0.312 e. The van der Waals surface area contributed by atoms with Gasteiger partial charge in [0.1, 0.15) is 11.6 Å². The number of aliphatic hydroxyl groups is 1. The molecule has 3 heterocycles. The summed E-state index contributed by atoms with van der Waals surface area (Å²) < 4.78 is 11.9. The highest BCUT2D eigenvalue weighted by atomic mass is 35.5. The number of amides is 2. The number of benzene rings is 1. The molecule has 5 atom stereocenters. The minimum absolute atomic E-state index is 0.137. The van der Waals surface area contributed by atoms with Gasteiger partial charge in [0.25, 0.3) is 5.91 Å². The molecule has 3 saturated heterocycles. The van der Waals surface area contributed by atoms with Crippen LogP contribution in [0.5, 0.6) is 0 Å². The monoisotopic (exact) mass is 516 g/mol. The quantitative estimate of drug-likeness (QED) is 0.260. The lowest BCUT2D eigenvalue weighted by atomic mass is 9.70. The SMILES string of the molecule is C=CCCCOC(=O)[C@@H]1[C@@H]2CCC3(O2)C(C(=O)N(CC=C)c2ccccc2Cl)N(CCCO)C(=O)[C@H]13. The highest BCUT2D eigenvalue weighted by Gasteiger charge is 2.75. The van der Waals surface area contributed by atoms with Gasteiger partial charge in [0.2, 0.25) is 5.91 Å². The second-order valence-electron chi connectivity index (χ2n) is 9.45. The largest absolute Gasteiger partial charge is 0.465 e. The number of anilines is 1. The zero-order chi connectivity index (χ0) is 25.9. The molecule has 8 nitrogen and oxygen atoms in total. The fourth-order valence-electron chi connectivity index (χ4n) is 5.93. The number of hydrogen-bond acceptors (Lipinski definition) is 6. The van der Waals surface area contributed by atoms with Gasteiger partial charge >= 0.3 is 5.97 Å². The molecule has 2 amide bonds. The lowest BCUT2D eigenvalue weighted by Crippen LogP contribution is -2.56. The first kappa shape index (κ1) is 26.4. The second kappa shape index (κ2) is 11.2. The van der Waals surface area contributed by atoms with Crippen molar-refractivity contribution in [1.29, 1.82) is 0 Å². The topological polar surface area (TPSA) is 96.4 Å². The maximum atomic E-state index is 14.2. The number of ether oxygens (including phenoxy) is 2. The lowest BCUT2D eigenvalue weighted by Gasteiger charge is -2.37. The van der Waals surface area contributed by atoms with E-state index in [9.17, 15) is 19.5 Å². The van der Waals surface area contributed by atoms with Gasteiger partial charge in [-0.25, -0.2) is 0 Å². The van der Waals surface area contributed by atoms with Crippen LogP contribution in [0.1, 0.15) is 32.1 Å². The molecule has 1 aromatic carbocycles. The maximum Gasteiger partial charge on any atom is 0.312 e. The molecule has 36 heavy (non-hydrogen) atoms. The molecule has 1 aromatic rings. The van der Waals surface area contributed by atoms with Gasteiger partial charge in [0.05, 0.1) is 35.3 Å². The summed E-state index contributed by atoms with van der Waals surface area (Å²) in [6.07, 6.45) is 5.58. The molecule has 1 N–H and O–H groups in total. The third-order valence-corrected chi connectivity index (χ3v) is 7.70. The summed E-state index contributed by atoms with van der Waals surface area (Å²) >= 11 is 6.44. The Morgan fingerprint density at radius 3 is 2.75 bits per heavy atom. The van der Waals surface area contributed by atoms with E-state index in [1.54, 1.807) is 36.4 Å². The third-order valence-electron chi connectivity index (χ3n) is 7.38. The number of halogens is 1. The van der Waals surface area contributed by atoms with Gasteiger partial charge < -0.3 is 24.4 Å². The van der Waals surface area contributed by atoms with Crippen LogP contribution in [-0.2, 0) is 23.9 Å². The molecular weight excluding hydrogens is 484 g/mol. The van der Waals surface area contributed by atoms with Crippen LogP contribution < -0.4 is 4.90 Å². The number of para-hydroxylation sites is 1. The molecular formula is C27H33ClN2O6. The number of allylic oxidation sites excluding steroid dienone is 1. The van der Waals surface area contributed by atoms with Crippen LogP contribution in [0.4, 0.5) is 5.69 Å². The molecule has 3 aliphatic heterocycles. The van der Waals surface area contributed by atoms with E-state index >= 15 is 0 Å². The van der Waals surface area contributed by atoms with Gasteiger partial charge in [0, 0.05) is 19.7 Å². The van der Waals surface area contributed by atoms with E-state index in [1.807, 2.05) is 0 Å². The van der Waals surface area contributed by atoms with Crippen LogP contribution in [0, 0.1) is 11.8 Å². The summed E-state index contributed by atoms with van der Waals surface area (Å²) in [6, 6.07) is 6.04. The van der Waals surface area contributed by atoms with E-state index in [-0.39, 0.29) is 38.1 Å². The molecule has 3 aliphatic rings. The van der Waals surface area contributed by atoms with E-state index in [4.69, 9.17) is 21.1 Å². The number of carbonyl (C=O) groups is 3. The van der Waals surface area contributed by atoms with Crippen molar-refractivity contribution in [3.63, 3.8) is 0 Å². The van der Waals surface area contributed by atoms with Crippen LogP contribution in [0.15, 0.2) is 49.6 Å². The predicted molar refractivity (Wildman–Crippen MR) is 135 cm³/mol. The normalized spacial score (nSPS) is 28.2. The number of carbonyl (C=O) groups excluding carboxylic acids is 3. The first-order valence-electron chi connectivity index (χ1n) is 12.4. The van der Waals surface area contributed by atoms with Crippen LogP contribution in [0.3, 0.4) is 0 Å². The number of esters is 1. The van der Waals surface area contributed by atoms with Crippen molar-refractivity contribution in [1.82, 2.24) is 4.90 Å². The second-order valence-corrected chi connectivity index (χ2v) is 9.86. The number of fused-ring (bicyclic) bond motifs is 1. The van der Waals surface area contributed by atoms with E-state index in [0.717, 1.165) is 6.42 Å². The van der Waals surface area contributed by atoms with Crippen molar-refractivity contribution < 1.29 is 29.0 Å². The van der Waals surface area contributed by atoms with Crippen molar-refractivity contribution in [3.05, 3.63) is 54.6 Å². The molecule has 2 bridgehead atoms. The summed E-state index contributed by atoms with van der Waals surface area (Å²) in [4.78, 5) is 44.1. The Balaban J connectivity index is 1.69. The summed E-state index contributed by atoms with van der Waals surface area (Å²) in [5.74, 6) is -2.70. The first-order valence-corrected chi connectivity index (χ1v) is 12.8. The Hall–Kier alpha value is -2.68. The predicted octanol–water partition coefficient (Wildman–Crippen LogP) is 3.13. The molecule has 0 aliphatic carbocycles. The molecule has 4 rings (SSSR count). The van der Waals surface area contributed by atoms with Crippen LogP contribution in [0.25, 0.3) is 0 Å². The van der Waals surface area contributed by atoms with E-state index in [2.05, 4.69) is 13.2 Å². The summed E-state index contributed by atoms with van der Waals surface area (Å²) in [5, 5.41) is 9.88. The van der Waals surface area contributed by atoms with E-state index < -0.39 is 35.6 Å². The Kier molecular flexibility index (Phi) is 8.17. The van der Waals surface area contributed by atoms with E-state index in [1.165, 1.54) is 9.80 Å². The molecule has 2 unspecified atom stereocenters. The van der Waals surface area contributed by atoms with Gasteiger partial charge in [-0.15, -0.1) is 13.2 Å².